The number of hydrogen-bond donors (Lipinski definition) is 0. The molecule has 0 aromatic carbocycles. The number of rotatable bonds is 18. The monoisotopic (exact) mass is 324 g/mol. The van der Waals surface area contributed by atoms with Gasteiger partial charge in [0.15, 0.2) is 5.76 Å². The Morgan fingerprint density at radius 3 is 1.65 bits per heavy atom. The van der Waals surface area contributed by atoms with Crippen molar-refractivity contribution in [3.8, 4) is 0 Å². The average molecular weight is 325 g/mol. The van der Waals surface area contributed by atoms with E-state index in [0.717, 1.165) is 24.7 Å². The van der Waals surface area contributed by atoms with E-state index in [1.165, 1.54) is 96.3 Å². The summed E-state index contributed by atoms with van der Waals surface area (Å²) < 4.78 is 11.1. The maximum atomic E-state index is 5.65. The van der Waals surface area contributed by atoms with Gasteiger partial charge in [-0.05, 0) is 12.8 Å². The molecule has 136 valence electrons. The van der Waals surface area contributed by atoms with Gasteiger partial charge < -0.3 is 9.47 Å². The largest absolute Gasteiger partial charge is 0.463 e. The highest BCUT2D eigenvalue weighted by Crippen LogP contribution is 2.32. The highest BCUT2D eigenvalue weighted by molar-refractivity contribution is 5.10. The van der Waals surface area contributed by atoms with Crippen molar-refractivity contribution in [1.29, 1.82) is 0 Å². The van der Waals surface area contributed by atoms with Gasteiger partial charge in [-0.25, -0.2) is 0 Å². The molecular weight excluding hydrogens is 284 g/mol. The van der Waals surface area contributed by atoms with Crippen molar-refractivity contribution in [3.05, 3.63) is 11.7 Å². The third kappa shape index (κ3) is 12.4. The molecule has 1 aliphatic heterocycles. The second-order valence-corrected chi connectivity index (χ2v) is 7.01. The number of hydrogen-bond acceptors (Lipinski definition) is 2. The molecule has 0 unspecified atom stereocenters. The van der Waals surface area contributed by atoms with Crippen LogP contribution >= 0.6 is 0 Å². The van der Waals surface area contributed by atoms with Crippen molar-refractivity contribution in [1.82, 2.24) is 0 Å². The second kappa shape index (κ2) is 14.9. The van der Waals surface area contributed by atoms with Gasteiger partial charge >= 0.3 is 5.95 Å². The van der Waals surface area contributed by atoms with Crippen LogP contribution in [0.25, 0.3) is 0 Å². The fourth-order valence-electron chi connectivity index (χ4n) is 2.99. The average Bonchev–Trinajstić information content (AvgIpc) is 3.31. The SMILES string of the molecule is CCCCCCCCCCCCC1=C(OCCCCCCC)O1. The van der Waals surface area contributed by atoms with Gasteiger partial charge in [-0.15, -0.1) is 0 Å². The van der Waals surface area contributed by atoms with Crippen molar-refractivity contribution in [2.24, 2.45) is 0 Å². The summed E-state index contributed by atoms with van der Waals surface area (Å²) in [5.41, 5.74) is 0. The third-order valence-corrected chi connectivity index (χ3v) is 4.64. The molecule has 1 heterocycles. The smallest absolute Gasteiger partial charge is 0.325 e. The molecule has 0 spiro atoms. The number of unbranched alkanes of at least 4 members (excludes halogenated alkanes) is 13. The summed E-state index contributed by atoms with van der Waals surface area (Å²) in [5, 5.41) is 0. The van der Waals surface area contributed by atoms with Crippen molar-refractivity contribution in [3.63, 3.8) is 0 Å². The quantitative estimate of drug-likeness (QED) is 0.244. The standard InChI is InChI=1S/C21H40O2/c1-3-5-7-9-10-11-12-13-14-16-18-20-21(23-20)22-19-17-15-8-6-4-2/h3-19H2,1-2H3. The molecule has 0 aromatic heterocycles. The molecule has 0 aromatic rings. The van der Waals surface area contributed by atoms with Gasteiger partial charge in [0, 0.05) is 6.42 Å². The molecule has 0 aliphatic carbocycles. The molecule has 1 aliphatic rings. The molecule has 23 heavy (non-hydrogen) atoms. The molecular formula is C21H40O2. The van der Waals surface area contributed by atoms with E-state index in [1.807, 2.05) is 0 Å². The minimum absolute atomic E-state index is 0.834. The zero-order chi connectivity index (χ0) is 16.6. The first-order valence-corrected chi connectivity index (χ1v) is 10.4. The summed E-state index contributed by atoms with van der Waals surface area (Å²) in [7, 11) is 0. The van der Waals surface area contributed by atoms with E-state index < -0.39 is 0 Å². The second-order valence-electron chi connectivity index (χ2n) is 7.01. The maximum Gasteiger partial charge on any atom is 0.325 e. The molecule has 2 heteroatoms. The van der Waals surface area contributed by atoms with Crippen LogP contribution in [0.1, 0.15) is 117 Å². The molecule has 0 radical (unpaired) electrons. The zero-order valence-electron chi connectivity index (χ0n) is 15.8. The lowest BCUT2D eigenvalue weighted by molar-refractivity contribution is 0.148. The molecule has 2 nitrogen and oxygen atoms in total. The first-order valence-electron chi connectivity index (χ1n) is 10.4. The summed E-state index contributed by atoms with van der Waals surface area (Å²) in [5.74, 6) is 1.97. The third-order valence-electron chi connectivity index (χ3n) is 4.64. The van der Waals surface area contributed by atoms with Gasteiger partial charge in [-0.1, -0.05) is 97.3 Å². The van der Waals surface area contributed by atoms with Crippen LogP contribution in [0.3, 0.4) is 0 Å². The van der Waals surface area contributed by atoms with Crippen LogP contribution in [0.15, 0.2) is 11.7 Å². The van der Waals surface area contributed by atoms with Crippen molar-refractivity contribution < 1.29 is 9.47 Å². The van der Waals surface area contributed by atoms with Crippen LogP contribution in [0, 0.1) is 0 Å². The Bertz CT molecular complexity index is 296. The lowest BCUT2D eigenvalue weighted by atomic mass is 10.1. The highest BCUT2D eigenvalue weighted by atomic mass is 16.7. The van der Waals surface area contributed by atoms with Gasteiger partial charge in [0.25, 0.3) is 0 Å². The fraction of sp³-hybridized carbons (Fsp3) is 0.905. The topological polar surface area (TPSA) is 21.8 Å². The van der Waals surface area contributed by atoms with E-state index in [2.05, 4.69) is 13.8 Å². The van der Waals surface area contributed by atoms with Crippen molar-refractivity contribution in [2.45, 2.75) is 117 Å². The molecule has 1 rings (SSSR count). The van der Waals surface area contributed by atoms with E-state index in [0.29, 0.717) is 0 Å². The highest BCUT2D eigenvalue weighted by Gasteiger charge is 2.26. The molecule has 0 saturated heterocycles. The molecule has 0 atom stereocenters. The lowest BCUT2D eigenvalue weighted by Gasteiger charge is -2.00. The van der Waals surface area contributed by atoms with Gasteiger partial charge in [0.2, 0.25) is 0 Å². The van der Waals surface area contributed by atoms with Crippen LogP contribution in [-0.2, 0) is 9.47 Å². The molecule has 0 bridgehead atoms. The maximum absolute atomic E-state index is 5.65. The van der Waals surface area contributed by atoms with Crippen LogP contribution in [0.4, 0.5) is 0 Å². The Hall–Kier alpha value is -0.660. The normalized spacial score (nSPS) is 13.3. The summed E-state index contributed by atoms with van der Waals surface area (Å²) in [6.45, 7) is 5.36. The first kappa shape index (κ1) is 20.4. The predicted molar refractivity (Wildman–Crippen MR) is 99.3 cm³/mol. The number of ether oxygens (including phenoxy) is 2. The predicted octanol–water partition coefficient (Wildman–Crippen LogP) is 7.48. The van der Waals surface area contributed by atoms with E-state index in [1.54, 1.807) is 0 Å². The summed E-state index contributed by atoms with van der Waals surface area (Å²) in [6, 6.07) is 0. The van der Waals surface area contributed by atoms with E-state index in [9.17, 15) is 0 Å². The summed E-state index contributed by atoms with van der Waals surface area (Å²) in [6.07, 6.45) is 21.4. The van der Waals surface area contributed by atoms with Gasteiger partial charge in [0.1, 0.15) is 0 Å². The van der Waals surface area contributed by atoms with E-state index in [-0.39, 0.29) is 0 Å². The minimum atomic E-state index is 0.834. The van der Waals surface area contributed by atoms with Crippen LogP contribution < -0.4 is 0 Å². The summed E-state index contributed by atoms with van der Waals surface area (Å²) in [4.78, 5) is 0. The van der Waals surface area contributed by atoms with Crippen molar-refractivity contribution in [2.75, 3.05) is 6.61 Å². The lowest BCUT2D eigenvalue weighted by Crippen LogP contribution is -1.89. The van der Waals surface area contributed by atoms with Gasteiger partial charge in [-0.3, -0.25) is 0 Å². The Kier molecular flexibility index (Phi) is 13.2. The Morgan fingerprint density at radius 2 is 1.09 bits per heavy atom. The fourth-order valence-corrected chi connectivity index (χ4v) is 2.99. The van der Waals surface area contributed by atoms with Crippen LogP contribution in [0.2, 0.25) is 0 Å². The summed E-state index contributed by atoms with van der Waals surface area (Å²) >= 11 is 0. The Morgan fingerprint density at radius 1 is 0.609 bits per heavy atom. The molecule has 0 amide bonds. The van der Waals surface area contributed by atoms with E-state index >= 15 is 0 Å². The van der Waals surface area contributed by atoms with Gasteiger partial charge in [-0.2, -0.15) is 0 Å². The van der Waals surface area contributed by atoms with Crippen LogP contribution in [-0.4, -0.2) is 6.61 Å². The van der Waals surface area contributed by atoms with Crippen LogP contribution in [0.5, 0.6) is 0 Å². The number of allylic oxidation sites excluding steroid dienone is 1. The molecule has 0 N–H and O–H groups in total. The molecule has 0 fully saturated rings. The molecule has 0 saturated carbocycles. The Labute approximate surface area is 145 Å². The van der Waals surface area contributed by atoms with Crippen molar-refractivity contribution >= 4 is 0 Å². The van der Waals surface area contributed by atoms with Gasteiger partial charge in [0.05, 0.1) is 6.61 Å². The minimum Gasteiger partial charge on any atom is -0.463 e. The zero-order valence-corrected chi connectivity index (χ0v) is 15.8. The Balaban J connectivity index is 1.78. The first-order chi connectivity index (χ1) is 11.4. The van der Waals surface area contributed by atoms with E-state index in [4.69, 9.17) is 9.47 Å².